The number of anilines is 2. The Balaban J connectivity index is 2.48. The summed E-state index contributed by atoms with van der Waals surface area (Å²) in [6.45, 7) is 0. The minimum Gasteiger partial charge on any atom is -0.399 e. The average molecular weight is 459 g/mol. The smallest absolute Gasteiger partial charge is 0.264 e. The van der Waals surface area contributed by atoms with Gasteiger partial charge in [-0.2, -0.15) is 0 Å². The van der Waals surface area contributed by atoms with Crippen LogP contribution in [0.1, 0.15) is 0 Å². The number of benzene rings is 2. The first kappa shape index (κ1) is 16.5. The highest BCUT2D eigenvalue weighted by Gasteiger charge is 2.22. The van der Waals surface area contributed by atoms with E-state index in [1.54, 1.807) is 6.07 Å². The molecule has 0 unspecified atom stereocenters. The first-order chi connectivity index (χ1) is 9.70. The standard InChI is InChI=1S/C12H8Br2ClFN2O2S/c13-6-1-2-10(9(15)3-6)18-21(19,20)11-5-7(17)4-8(14)12(11)16/h1-5,18H,17H2. The van der Waals surface area contributed by atoms with Crippen LogP contribution >= 0.6 is 43.5 Å². The lowest BCUT2D eigenvalue weighted by molar-refractivity contribution is 0.567. The zero-order chi connectivity index (χ0) is 15.8. The summed E-state index contributed by atoms with van der Waals surface area (Å²) >= 11 is 12.1. The Kier molecular flexibility index (Phi) is 4.82. The Labute approximate surface area is 142 Å². The number of halogens is 4. The van der Waals surface area contributed by atoms with Crippen LogP contribution in [-0.4, -0.2) is 8.42 Å². The number of rotatable bonds is 3. The van der Waals surface area contributed by atoms with E-state index in [1.165, 1.54) is 18.2 Å². The van der Waals surface area contributed by atoms with Crippen molar-refractivity contribution >= 4 is 64.9 Å². The second-order valence-electron chi connectivity index (χ2n) is 4.04. The van der Waals surface area contributed by atoms with Gasteiger partial charge >= 0.3 is 0 Å². The maximum Gasteiger partial charge on any atom is 0.264 e. The molecule has 3 N–H and O–H groups in total. The molecule has 0 fully saturated rings. The molecule has 0 aliphatic heterocycles. The van der Waals surface area contributed by atoms with Gasteiger partial charge < -0.3 is 5.73 Å². The van der Waals surface area contributed by atoms with Crippen LogP contribution in [0.15, 0.2) is 44.2 Å². The lowest BCUT2D eigenvalue weighted by Gasteiger charge is -2.12. The zero-order valence-electron chi connectivity index (χ0n) is 10.2. The van der Waals surface area contributed by atoms with Crippen LogP contribution in [0.25, 0.3) is 0 Å². The molecule has 0 atom stereocenters. The van der Waals surface area contributed by atoms with Crippen molar-refractivity contribution in [3.8, 4) is 0 Å². The fraction of sp³-hybridized carbons (Fsp3) is 0. The SMILES string of the molecule is Nc1cc(Br)c(F)c(S(=O)(=O)Nc2ccc(Br)cc2Cl)c1. The van der Waals surface area contributed by atoms with Gasteiger partial charge in [-0.05, 0) is 46.3 Å². The summed E-state index contributed by atoms with van der Waals surface area (Å²) < 4.78 is 41.4. The third-order valence-electron chi connectivity index (χ3n) is 2.48. The molecule has 0 saturated heterocycles. The summed E-state index contributed by atoms with van der Waals surface area (Å²) in [6, 6.07) is 6.90. The summed E-state index contributed by atoms with van der Waals surface area (Å²) in [5.41, 5.74) is 5.80. The van der Waals surface area contributed by atoms with Gasteiger partial charge in [-0.3, -0.25) is 4.72 Å². The fourth-order valence-corrected chi connectivity index (χ4v) is 4.15. The molecule has 0 aliphatic carbocycles. The Bertz CT molecular complexity index is 815. The van der Waals surface area contributed by atoms with Crippen LogP contribution < -0.4 is 10.5 Å². The van der Waals surface area contributed by atoms with Gasteiger partial charge in [0.05, 0.1) is 15.2 Å². The average Bonchev–Trinajstić information content (AvgIpc) is 2.37. The van der Waals surface area contributed by atoms with Crippen molar-refractivity contribution in [2.45, 2.75) is 4.90 Å². The van der Waals surface area contributed by atoms with E-state index in [0.717, 1.165) is 6.07 Å². The van der Waals surface area contributed by atoms with E-state index in [9.17, 15) is 12.8 Å². The Hall–Kier alpha value is -0.830. The first-order valence-corrected chi connectivity index (χ1v) is 8.88. The Morgan fingerprint density at radius 2 is 1.86 bits per heavy atom. The van der Waals surface area contributed by atoms with Gasteiger partial charge in [0, 0.05) is 10.2 Å². The highest BCUT2D eigenvalue weighted by atomic mass is 79.9. The summed E-state index contributed by atoms with van der Waals surface area (Å²) in [5.74, 6) is -0.926. The van der Waals surface area contributed by atoms with Crippen LogP contribution in [0.5, 0.6) is 0 Å². The number of sulfonamides is 1. The summed E-state index contributed by atoms with van der Waals surface area (Å²) in [4.78, 5) is -0.562. The topological polar surface area (TPSA) is 72.2 Å². The van der Waals surface area contributed by atoms with Gasteiger partial charge in [-0.15, -0.1) is 0 Å². The van der Waals surface area contributed by atoms with Crippen LogP contribution in [0.3, 0.4) is 0 Å². The van der Waals surface area contributed by atoms with E-state index in [-0.39, 0.29) is 20.9 Å². The minimum absolute atomic E-state index is 0.0372. The lowest BCUT2D eigenvalue weighted by Crippen LogP contribution is -2.15. The third kappa shape index (κ3) is 3.68. The molecular weight excluding hydrogens is 450 g/mol. The highest BCUT2D eigenvalue weighted by molar-refractivity contribution is 9.10. The zero-order valence-corrected chi connectivity index (χ0v) is 14.9. The maximum atomic E-state index is 14.0. The van der Waals surface area contributed by atoms with E-state index in [2.05, 4.69) is 36.6 Å². The number of hydrogen-bond donors (Lipinski definition) is 2. The molecule has 21 heavy (non-hydrogen) atoms. The second-order valence-corrected chi connectivity index (χ2v) is 7.87. The molecule has 2 rings (SSSR count). The highest BCUT2D eigenvalue weighted by Crippen LogP contribution is 2.30. The van der Waals surface area contributed by atoms with Crippen molar-refractivity contribution in [3.63, 3.8) is 0 Å². The maximum absolute atomic E-state index is 14.0. The van der Waals surface area contributed by atoms with Gasteiger partial charge in [-0.25, -0.2) is 12.8 Å². The lowest BCUT2D eigenvalue weighted by atomic mass is 10.3. The number of nitrogen functional groups attached to an aromatic ring is 1. The number of nitrogens with two attached hydrogens (primary N) is 1. The van der Waals surface area contributed by atoms with E-state index in [1.807, 2.05) is 0 Å². The predicted molar refractivity (Wildman–Crippen MR) is 88.5 cm³/mol. The molecule has 2 aromatic rings. The fourth-order valence-electron chi connectivity index (χ4n) is 1.55. The molecule has 9 heteroatoms. The molecule has 0 saturated carbocycles. The predicted octanol–water partition coefficient (Wildman–Crippen LogP) is 4.39. The number of hydrogen-bond acceptors (Lipinski definition) is 3. The normalized spacial score (nSPS) is 11.4. The van der Waals surface area contributed by atoms with E-state index >= 15 is 0 Å². The Morgan fingerprint density at radius 1 is 1.19 bits per heavy atom. The minimum atomic E-state index is -4.16. The third-order valence-corrected chi connectivity index (χ3v) is 5.23. The van der Waals surface area contributed by atoms with Crippen molar-refractivity contribution in [3.05, 3.63) is 50.1 Å². The van der Waals surface area contributed by atoms with Gasteiger partial charge in [-0.1, -0.05) is 27.5 Å². The van der Waals surface area contributed by atoms with Gasteiger partial charge in [0.15, 0.2) is 5.82 Å². The molecule has 0 heterocycles. The van der Waals surface area contributed by atoms with Crippen LogP contribution in [-0.2, 0) is 10.0 Å². The molecule has 2 aromatic carbocycles. The van der Waals surface area contributed by atoms with Gasteiger partial charge in [0.2, 0.25) is 0 Å². The monoisotopic (exact) mass is 456 g/mol. The molecule has 0 amide bonds. The van der Waals surface area contributed by atoms with Crippen LogP contribution in [0.4, 0.5) is 15.8 Å². The summed E-state index contributed by atoms with van der Waals surface area (Å²) in [5, 5.41) is 0.177. The van der Waals surface area contributed by atoms with E-state index < -0.39 is 20.7 Å². The molecule has 0 bridgehead atoms. The quantitative estimate of drug-likeness (QED) is 0.671. The summed E-state index contributed by atoms with van der Waals surface area (Å²) in [6.07, 6.45) is 0. The van der Waals surface area contributed by atoms with Gasteiger partial charge in [0.25, 0.3) is 10.0 Å². The summed E-state index contributed by atoms with van der Waals surface area (Å²) in [7, 11) is -4.16. The van der Waals surface area contributed by atoms with Crippen molar-refractivity contribution in [2.24, 2.45) is 0 Å². The first-order valence-electron chi connectivity index (χ1n) is 5.43. The van der Waals surface area contributed by atoms with Crippen molar-refractivity contribution in [1.29, 1.82) is 0 Å². The van der Waals surface area contributed by atoms with Crippen molar-refractivity contribution < 1.29 is 12.8 Å². The number of nitrogens with one attached hydrogen (secondary N) is 1. The molecule has 0 spiro atoms. The molecular formula is C12H8Br2ClFN2O2S. The largest absolute Gasteiger partial charge is 0.399 e. The molecule has 0 aromatic heterocycles. The molecule has 0 radical (unpaired) electrons. The van der Waals surface area contributed by atoms with Gasteiger partial charge in [0.1, 0.15) is 4.90 Å². The second kappa shape index (κ2) is 6.12. The van der Waals surface area contributed by atoms with Crippen LogP contribution in [0, 0.1) is 5.82 Å². The van der Waals surface area contributed by atoms with Crippen molar-refractivity contribution in [2.75, 3.05) is 10.5 Å². The van der Waals surface area contributed by atoms with Crippen molar-refractivity contribution in [1.82, 2.24) is 0 Å². The molecule has 112 valence electrons. The molecule has 4 nitrogen and oxygen atoms in total. The Morgan fingerprint density at radius 3 is 2.48 bits per heavy atom. The van der Waals surface area contributed by atoms with E-state index in [0.29, 0.717) is 4.47 Å². The van der Waals surface area contributed by atoms with Crippen LogP contribution in [0.2, 0.25) is 5.02 Å². The van der Waals surface area contributed by atoms with E-state index in [4.69, 9.17) is 17.3 Å². The molecule has 0 aliphatic rings.